The summed E-state index contributed by atoms with van der Waals surface area (Å²) in [6.07, 6.45) is 2.47. The first-order valence-electron chi connectivity index (χ1n) is 10.4. The van der Waals surface area contributed by atoms with E-state index in [9.17, 15) is 13.2 Å². The molecular formula is C21H28N4O3S2. The maximum absolute atomic E-state index is 12.9. The lowest BCUT2D eigenvalue weighted by Gasteiger charge is -2.38. The first-order chi connectivity index (χ1) is 14.4. The van der Waals surface area contributed by atoms with Crippen molar-refractivity contribution in [2.24, 2.45) is 5.92 Å². The molecule has 0 atom stereocenters. The van der Waals surface area contributed by atoms with Crippen LogP contribution in [0.15, 0.2) is 35.7 Å². The number of rotatable bonds is 5. The van der Waals surface area contributed by atoms with Gasteiger partial charge in [0.1, 0.15) is 5.01 Å². The van der Waals surface area contributed by atoms with E-state index in [-0.39, 0.29) is 11.8 Å². The predicted octanol–water partition coefficient (Wildman–Crippen LogP) is 2.13. The number of amides is 1. The summed E-state index contributed by atoms with van der Waals surface area (Å²) in [5, 5.41) is 3.16. The molecule has 0 spiro atoms. The van der Waals surface area contributed by atoms with E-state index < -0.39 is 10.0 Å². The van der Waals surface area contributed by atoms with Crippen LogP contribution in [-0.2, 0) is 21.4 Å². The van der Waals surface area contributed by atoms with Gasteiger partial charge in [-0.3, -0.25) is 9.69 Å². The minimum absolute atomic E-state index is 0.0541. The topological polar surface area (TPSA) is 73.8 Å². The molecule has 4 rings (SSSR count). The average Bonchev–Trinajstić information content (AvgIpc) is 3.22. The number of piperidine rings is 1. The highest BCUT2D eigenvalue weighted by atomic mass is 32.2. The largest absolute Gasteiger partial charge is 0.340 e. The molecule has 9 heteroatoms. The Hall–Kier alpha value is -1.81. The van der Waals surface area contributed by atoms with Crippen LogP contribution in [0.1, 0.15) is 18.5 Å². The Balaban J connectivity index is 1.25. The van der Waals surface area contributed by atoms with Gasteiger partial charge >= 0.3 is 0 Å². The number of sulfonamides is 1. The SMILES string of the molecule is CS(=O)(=O)N1CCC(C(=O)N2CCN(Cc3csc(-c4ccccc4)n3)CC2)CC1. The van der Waals surface area contributed by atoms with Crippen LogP contribution in [0.5, 0.6) is 0 Å². The highest BCUT2D eigenvalue weighted by molar-refractivity contribution is 7.88. The van der Waals surface area contributed by atoms with Crippen LogP contribution in [0.2, 0.25) is 0 Å². The van der Waals surface area contributed by atoms with Gasteiger partial charge in [0.25, 0.3) is 0 Å². The summed E-state index contributed by atoms with van der Waals surface area (Å²) in [7, 11) is -3.16. The Kier molecular flexibility index (Phi) is 6.52. The van der Waals surface area contributed by atoms with Crippen molar-refractivity contribution in [2.75, 3.05) is 45.5 Å². The quantitative estimate of drug-likeness (QED) is 0.701. The lowest BCUT2D eigenvalue weighted by molar-refractivity contribution is -0.138. The van der Waals surface area contributed by atoms with Crippen molar-refractivity contribution in [2.45, 2.75) is 19.4 Å². The summed E-state index contributed by atoms with van der Waals surface area (Å²) in [6.45, 7) is 4.82. The number of carbonyl (C=O) groups excluding carboxylic acids is 1. The van der Waals surface area contributed by atoms with Crippen LogP contribution in [0.25, 0.3) is 10.6 Å². The fourth-order valence-corrected chi connectivity index (χ4v) is 5.83. The standard InChI is InChI=1S/C21H28N4O3S2/c1-30(27,28)25-9-7-18(8-10-25)21(26)24-13-11-23(12-14-24)15-19-16-29-20(22-19)17-5-3-2-4-6-17/h2-6,16,18H,7-15H2,1H3. The fourth-order valence-electron chi connectivity index (χ4n) is 4.14. The van der Waals surface area contributed by atoms with Crippen molar-refractivity contribution in [3.63, 3.8) is 0 Å². The molecule has 2 fully saturated rings. The van der Waals surface area contributed by atoms with E-state index in [4.69, 9.17) is 4.98 Å². The summed E-state index contributed by atoms with van der Waals surface area (Å²) < 4.78 is 24.8. The van der Waals surface area contributed by atoms with E-state index in [1.807, 2.05) is 23.1 Å². The highest BCUT2D eigenvalue weighted by Gasteiger charge is 2.32. The molecule has 0 radical (unpaired) electrons. The van der Waals surface area contributed by atoms with E-state index in [1.54, 1.807) is 11.3 Å². The van der Waals surface area contributed by atoms with Gasteiger partial charge in [0.2, 0.25) is 15.9 Å². The van der Waals surface area contributed by atoms with E-state index in [1.165, 1.54) is 10.6 Å². The molecule has 2 aliphatic rings. The molecule has 162 valence electrons. The zero-order valence-corrected chi connectivity index (χ0v) is 18.9. The monoisotopic (exact) mass is 448 g/mol. The molecule has 2 aliphatic heterocycles. The molecule has 0 N–H and O–H groups in total. The molecule has 0 saturated carbocycles. The Bertz CT molecular complexity index is 961. The Labute approximate surface area is 182 Å². The first-order valence-corrected chi connectivity index (χ1v) is 13.1. The summed E-state index contributed by atoms with van der Waals surface area (Å²) in [6, 6.07) is 10.2. The smallest absolute Gasteiger partial charge is 0.225 e. The van der Waals surface area contributed by atoms with Crippen molar-refractivity contribution in [3.05, 3.63) is 41.4 Å². The fraction of sp³-hybridized carbons (Fsp3) is 0.524. The van der Waals surface area contributed by atoms with Crippen LogP contribution >= 0.6 is 11.3 Å². The molecule has 1 aromatic carbocycles. The number of aromatic nitrogens is 1. The Morgan fingerprint density at radius 1 is 1.07 bits per heavy atom. The average molecular weight is 449 g/mol. The van der Waals surface area contributed by atoms with Gasteiger partial charge in [0.05, 0.1) is 11.9 Å². The third-order valence-corrected chi connectivity index (χ3v) is 8.16. The number of carbonyl (C=O) groups is 1. The lowest BCUT2D eigenvalue weighted by Crippen LogP contribution is -2.51. The van der Waals surface area contributed by atoms with Crippen molar-refractivity contribution >= 4 is 27.3 Å². The van der Waals surface area contributed by atoms with Crippen LogP contribution < -0.4 is 0 Å². The van der Waals surface area contributed by atoms with E-state index >= 15 is 0 Å². The molecule has 0 bridgehead atoms. The number of hydrogen-bond donors (Lipinski definition) is 0. The Morgan fingerprint density at radius 3 is 2.37 bits per heavy atom. The highest BCUT2D eigenvalue weighted by Crippen LogP contribution is 2.25. The van der Waals surface area contributed by atoms with Crippen LogP contribution in [-0.4, -0.2) is 78.9 Å². The van der Waals surface area contributed by atoms with Gasteiger partial charge in [-0.2, -0.15) is 0 Å². The summed E-state index contributed by atoms with van der Waals surface area (Å²) >= 11 is 1.67. The summed E-state index contributed by atoms with van der Waals surface area (Å²) in [5.74, 6) is 0.129. The van der Waals surface area contributed by atoms with Gasteiger partial charge in [-0.1, -0.05) is 30.3 Å². The molecule has 30 heavy (non-hydrogen) atoms. The molecule has 7 nitrogen and oxygen atoms in total. The van der Waals surface area contributed by atoms with E-state index in [0.29, 0.717) is 25.9 Å². The van der Waals surface area contributed by atoms with Crippen molar-refractivity contribution < 1.29 is 13.2 Å². The van der Waals surface area contributed by atoms with Crippen LogP contribution in [0, 0.1) is 5.92 Å². The second kappa shape index (κ2) is 9.13. The van der Waals surface area contributed by atoms with Gasteiger partial charge in [-0.25, -0.2) is 17.7 Å². The third-order valence-electron chi connectivity index (χ3n) is 5.91. The van der Waals surface area contributed by atoms with Gasteiger partial charge in [0.15, 0.2) is 0 Å². The molecule has 1 aromatic heterocycles. The van der Waals surface area contributed by atoms with Gasteiger partial charge < -0.3 is 4.90 Å². The molecule has 2 aromatic rings. The number of nitrogens with zero attached hydrogens (tertiary/aromatic N) is 4. The van der Waals surface area contributed by atoms with E-state index in [2.05, 4.69) is 22.4 Å². The molecule has 0 unspecified atom stereocenters. The second-order valence-electron chi connectivity index (χ2n) is 8.05. The number of thiazole rings is 1. The lowest BCUT2D eigenvalue weighted by atomic mass is 9.96. The number of benzene rings is 1. The predicted molar refractivity (Wildman–Crippen MR) is 119 cm³/mol. The van der Waals surface area contributed by atoms with Crippen molar-refractivity contribution in [1.29, 1.82) is 0 Å². The molecule has 1 amide bonds. The second-order valence-corrected chi connectivity index (χ2v) is 10.9. The van der Waals surface area contributed by atoms with Crippen molar-refractivity contribution in [3.8, 4) is 10.6 Å². The zero-order valence-electron chi connectivity index (χ0n) is 17.2. The van der Waals surface area contributed by atoms with Crippen LogP contribution in [0.3, 0.4) is 0 Å². The molecule has 3 heterocycles. The van der Waals surface area contributed by atoms with E-state index in [0.717, 1.165) is 49.0 Å². The first kappa shape index (κ1) is 21.4. The van der Waals surface area contributed by atoms with Gasteiger partial charge in [-0.15, -0.1) is 11.3 Å². The minimum Gasteiger partial charge on any atom is -0.340 e. The van der Waals surface area contributed by atoms with Crippen LogP contribution in [0.4, 0.5) is 0 Å². The van der Waals surface area contributed by atoms with Gasteiger partial charge in [-0.05, 0) is 12.8 Å². The third kappa shape index (κ3) is 5.08. The minimum atomic E-state index is -3.16. The maximum atomic E-state index is 12.9. The molecular weight excluding hydrogens is 420 g/mol. The molecule has 0 aliphatic carbocycles. The van der Waals surface area contributed by atoms with Crippen molar-refractivity contribution in [1.82, 2.24) is 19.1 Å². The number of piperazine rings is 1. The molecule has 2 saturated heterocycles. The Morgan fingerprint density at radius 2 is 1.73 bits per heavy atom. The maximum Gasteiger partial charge on any atom is 0.225 e. The summed E-state index contributed by atoms with van der Waals surface area (Å²) in [4.78, 5) is 21.9. The normalized spacial score (nSPS) is 19.8. The van der Waals surface area contributed by atoms with Gasteiger partial charge in [0, 0.05) is 62.7 Å². The summed E-state index contributed by atoms with van der Waals surface area (Å²) in [5.41, 5.74) is 2.22. The number of hydrogen-bond acceptors (Lipinski definition) is 6. The zero-order chi connectivity index (χ0) is 21.1.